The third-order valence-corrected chi connectivity index (χ3v) is 4.48. The zero-order chi connectivity index (χ0) is 19.2. The van der Waals surface area contributed by atoms with Crippen molar-refractivity contribution in [2.45, 2.75) is 13.5 Å². The fraction of sp³-hybridized carbons (Fsp3) is 0.200. The van der Waals surface area contributed by atoms with Gasteiger partial charge in [0.25, 0.3) is 0 Å². The van der Waals surface area contributed by atoms with E-state index < -0.39 is 5.97 Å². The van der Waals surface area contributed by atoms with Crippen molar-refractivity contribution in [3.63, 3.8) is 0 Å². The minimum atomic E-state index is -0.517. The summed E-state index contributed by atoms with van der Waals surface area (Å²) in [5.41, 5.74) is 1.84. The molecule has 0 atom stereocenters. The number of hydrogen-bond acceptors (Lipinski definition) is 4. The average molecular weight is 405 g/mol. The molecule has 0 aliphatic carbocycles. The number of benzene rings is 2. The maximum atomic E-state index is 12.4. The summed E-state index contributed by atoms with van der Waals surface area (Å²) >= 11 is 12.2. The summed E-state index contributed by atoms with van der Waals surface area (Å²) in [4.78, 5) is 12.4. The molecule has 1 aromatic heterocycles. The van der Waals surface area contributed by atoms with Crippen molar-refractivity contribution in [2.24, 2.45) is 0 Å². The van der Waals surface area contributed by atoms with Crippen molar-refractivity contribution in [3.05, 3.63) is 81.6 Å². The number of nitrogens with zero attached hydrogens (tertiary/aromatic N) is 2. The largest absolute Gasteiger partial charge is 0.490 e. The molecule has 5 nitrogen and oxygen atoms in total. The Bertz CT molecular complexity index is 909. The Labute approximate surface area is 167 Å². The van der Waals surface area contributed by atoms with Gasteiger partial charge in [0.15, 0.2) is 0 Å². The Balaban J connectivity index is 1.57. The van der Waals surface area contributed by atoms with Gasteiger partial charge < -0.3 is 9.47 Å². The van der Waals surface area contributed by atoms with Crippen molar-refractivity contribution in [2.75, 3.05) is 13.2 Å². The second kappa shape index (κ2) is 8.93. The van der Waals surface area contributed by atoms with Gasteiger partial charge in [-0.1, -0.05) is 53.5 Å². The van der Waals surface area contributed by atoms with Gasteiger partial charge in [-0.15, -0.1) is 0 Å². The maximum Gasteiger partial charge on any atom is 0.343 e. The zero-order valence-corrected chi connectivity index (χ0v) is 16.2. The Morgan fingerprint density at radius 1 is 1.04 bits per heavy atom. The first-order valence-corrected chi connectivity index (χ1v) is 9.12. The molecule has 0 unspecified atom stereocenters. The number of hydrogen-bond donors (Lipinski definition) is 0. The summed E-state index contributed by atoms with van der Waals surface area (Å²) in [6, 6.07) is 16.7. The number of aryl methyl sites for hydroxylation is 1. The summed E-state index contributed by atoms with van der Waals surface area (Å²) in [5.74, 6) is 0.136. The van der Waals surface area contributed by atoms with Crippen LogP contribution in [0.3, 0.4) is 0 Å². The first-order valence-electron chi connectivity index (χ1n) is 8.37. The van der Waals surface area contributed by atoms with Gasteiger partial charge in [-0.3, -0.25) is 0 Å². The van der Waals surface area contributed by atoms with Crippen molar-refractivity contribution >= 4 is 29.2 Å². The highest BCUT2D eigenvalue weighted by atomic mass is 35.5. The lowest BCUT2D eigenvalue weighted by atomic mass is 10.2. The van der Waals surface area contributed by atoms with E-state index in [1.165, 1.54) is 0 Å². The van der Waals surface area contributed by atoms with E-state index in [-0.39, 0.29) is 23.9 Å². The molecule has 0 spiro atoms. The highest BCUT2D eigenvalue weighted by Gasteiger charge is 2.21. The molecule has 3 rings (SSSR count). The van der Waals surface area contributed by atoms with Gasteiger partial charge in [0.05, 0.1) is 12.2 Å². The van der Waals surface area contributed by atoms with Gasteiger partial charge in [-0.2, -0.15) is 5.10 Å². The quantitative estimate of drug-likeness (QED) is 0.419. The zero-order valence-electron chi connectivity index (χ0n) is 14.7. The summed E-state index contributed by atoms with van der Waals surface area (Å²) in [6.07, 6.45) is 0. The molecule has 0 bridgehead atoms. The van der Waals surface area contributed by atoms with Crippen molar-refractivity contribution in [3.8, 4) is 5.75 Å². The molecule has 2 aromatic carbocycles. The number of rotatable bonds is 7. The van der Waals surface area contributed by atoms with E-state index in [9.17, 15) is 4.79 Å². The normalized spacial score (nSPS) is 10.6. The van der Waals surface area contributed by atoms with Gasteiger partial charge in [-0.25, -0.2) is 9.48 Å². The monoisotopic (exact) mass is 404 g/mol. The van der Waals surface area contributed by atoms with Crippen LogP contribution < -0.4 is 4.74 Å². The van der Waals surface area contributed by atoms with Crippen LogP contribution in [0.5, 0.6) is 5.75 Å². The van der Waals surface area contributed by atoms with Gasteiger partial charge >= 0.3 is 5.97 Å². The molecule has 0 aliphatic heterocycles. The summed E-state index contributed by atoms with van der Waals surface area (Å²) in [5, 5.41) is 5.25. The van der Waals surface area contributed by atoms with Crippen molar-refractivity contribution in [1.82, 2.24) is 9.78 Å². The van der Waals surface area contributed by atoms with E-state index in [0.29, 0.717) is 23.0 Å². The first kappa shape index (κ1) is 19.3. The van der Waals surface area contributed by atoms with Crippen LogP contribution in [0.4, 0.5) is 0 Å². The van der Waals surface area contributed by atoms with E-state index in [4.69, 9.17) is 32.7 Å². The number of esters is 1. The molecular formula is C20H18Cl2N2O3. The van der Waals surface area contributed by atoms with E-state index in [1.807, 2.05) is 30.3 Å². The Morgan fingerprint density at radius 3 is 2.44 bits per heavy atom. The summed E-state index contributed by atoms with van der Waals surface area (Å²) in [7, 11) is 0. The van der Waals surface area contributed by atoms with Crippen LogP contribution in [0.2, 0.25) is 10.2 Å². The molecular weight excluding hydrogens is 387 g/mol. The maximum absolute atomic E-state index is 12.4. The Hall–Kier alpha value is -2.50. The second-order valence-electron chi connectivity index (χ2n) is 5.83. The number of ether oxygens (including phenoxy) is 2. The standard InChI is InChI=1S/C20H18Cl2N2O3/c1-14-18(19(22)24(23-14)13-15-5-3-2-4-6-15)20(25)27-12-11-26-17-9-7-16(21)8-10-17/h2-10H,11-13H2,1H3. The van der Waals surface area contributed by atoms with Crippen molar-refractivity contribution < 1.29 is 14.3 Å². The van der Waals surface area contributed by atoms with Crippen LogP contribution in [0.15, 0.2) is 54.6 Å². The molecule has 0 aliphatic rings. The fourth-order valence-electron chi connectivity index (χ4n) is 2.54. The van der Waals surface area contributed by atoms with Gasteiger partial charge in [-0.05, 0) is 36.8 Å². The lowest BCUT2D eigenvalue weighted by molar-refractivity contribution is 0.0449. The van der Waals surface area contributed by atoms with Gasteiger partial charge in [0.1, 0.15) is 29.7 Å². The minimum Gasteiger partial charge on any atom is -0.490 e. The molecule has 1 heterocycles. The molecule has 27 heavy (non-hydrogen) atoms. The van der Waals surface area contributed by atoms with Gasteiger partial charge in [0.2, 0.25) is 0 Å². The Morgan fingerprint density at radius 2 is 1.74 bits per heavy atom. The second-order valence-corrected chi connectivity index (χ2v) is 6.63. The lowest BCUT2D eigenvalue weighted by Gasteiger charge is -2.07. The molecule has 0 amide bonds. The SMILES string of the molecule is Cc1nn(Cc2ccccc2)c(Cl)c1C(=O)OCCOc1ccc(Cl)cc1. The van der Waals surface area contributed by atoms with Crippen LogP contribution in [0, 0.1) is 6.92 Å². The lowest BCUT2D eigenvalue weighted by Crippen LogP contribution is -2.13. The summed E-state index contributed by atoms with van der Waals surface area (Å²) in [6.45, 7) is 2.53. The number of carbonyl (C=O) groups excluding carboxylic acids is 1. The van der Waals surface area contributed by atoms with E-state index in [1.54, 1.807) is 35.9 Å². The number of halogens is 2. The van der Waals surface area contributed by atoms with Crippen LogP contribution in [0.1, 0.15) is 21.6 Å². The molecule has 3 aromatic rings. The smallest absolute Gasteiger partial charge is 0.343 e. The number of aromatic nitrogens is 2. The molecule has 0 fully saturated rings. The third kappa shape index (κ3) is 5.02. The topological polar surface area (TPSA) is 53.4 Å². The van der Waals surface area contributed by atoms with E-state index in [2.05, 4.69) is 5.10 Å². The molecule has 140 valence electrons. The average Bonchev–Trinajstić information content (AvgIpc) is 2.94. The predicted molar refractivity (Wildman–Crippen MR) is 105 cm³/mol. The minimum absolute atomic E-state index is 0.0983. The van der Waals surface area contributed by atoms with Crippen molar-refractivity contribution in [1.29, 1.82) is 0 Å². The third-order valence-electron chi connectivity index (χ3n) is 3.84. The van der Waals surface area contributed by atoms with Crippen LogP contribution >= 0.6 is 23.2 Å². The molecule has 0 N–H and O–H groups in total. The Kier molecular flexibility index (Phi) is 6.37. The molecule has 7 heteroatoms. The van der Waals surface area contributed by atoms with Crippen LogP contribution in [0.25, 0.3) is 0 Å². The summed E-state index contributed by atoms with van der Waals surface area (Å²) < 4.78 is 12.4. The van der Waals surface area contributed by atoms with Gasteiger partial charge in [0, 0.05) is 5.02 Å². The highest BCUT2D eigenvalue weighted by molar-refractivity contribution is 6.32. The van der Waals surface area contributed by atoms with Crippen LogP contribution in [-0.2, 0) is 11.3 Å². The fourth-order valence-corrected chi connectivity index (χ4v) is 2.98. The number of carbonyl (C=O) groups is 1. The molecule has 0 saturated heterocycles. The highest BCUT2D eigenvalue weighted by Crippen LogP contribution is 2.22. The van der Waals surface area contributed by atoms with E-state index >= 15 is 0 Å². The van der Waals surface area contributed by atoms with Crippen LogP contribution in [-0.4, -0.2) is 29.0 Å². The first-order chi connectivity index (χ1) is 13.0. The van der Waals surface area contributed by atoms with E-state index in [0.717, 1.165) is 5.56 Å². The molecule has 0 saturated carbocycles. The predicted octanol–water partition coefficient (Wildman–Crippen LogP) is 4.78. The molecule has 0 radical (unpaired) electrons.